The van der Waals surface area contributed by atoms with Gasteiger partial charge in [-0.25, -0.2) is 9.18 Å². The van der Waals surface area contributed by atoms with Crippen molar-refractivity contribution in [2.75, 3.05) is 6.61 Å². The summed E-state index contributed by atoms with van der Waals surface area (Å²) in [4.78, 5) is 28.3. The molecule has 0 spiro atoms. The van der Waals surface area contributed by atoms with Gasteiger partial charge in [-0.2, -0.15) is 0 Å². The van der Waals surface area contributed by atoms with E-state index in [1.807, 2.05) is 0 Å². The number of nitrogens with one attached hydrogen (secondary N) is 1. The lowest BCUT2D eigenvalue weighted by atomic mass is 9.81. The molecule has 0 saturated carbocycles. The summed E-state index contributed by atoms with van der Waals surface area (Å²) in [6.07, 6.45) is 6.44. The number of halogens is 1. The molecule has 1 atom stereocenters. The molecule has 3 rings (SSSR count). The lowest BCUT2D eigenvalue weighted by molar-refractivity contribution is 0.0490. The average Bonchev–Trinajstić information content (AvgIpc) is 3.02. The van der Waals surface area contributed by atoms with Gasteiger partial charge in [-0.1, -0.05) is 44.7 Å². The van der Waals surface area contributed by atoms with Crippen LogP contribution in [-0.2, 0) is 11.2 Å². The first-order chi connectivity index (χ1) is 13.5. The Morgan fingerprint density at radius 3 is 2.57 bits per heavy atom. The van der Waals surface area contributed by atoms with Gasteiger partial charge in [0.1, 0.15) is 11.5 Å². The van der Waals surface area contributed by atoms with E-state index in [4.69, 9.17) is 4.74 Å². The highest BCUT2D eigenvalue weighted by Crippen LogP contribution is 2.35. The molecule has 4 nitrogen and oxygen atoms in total. The van der Waals surface area contributed by atoms with Gasteiger partial charge in [-0.15, -0.1) is 0 Å². The molecule has 1 aliphatic carbocycles. The quantitative estimate of drug-likeness (QED) is 0.482. The Kier molecular flexibility index (Phi) is 6.65. The van der Waals surface area contributed by atoms with E-state index in [0.717, 1.165) is 30.5 Å². The number of H-pyrrole nitrogens is 1. The minimum Gasteiger partial charge on any atom is -0.461 e. The Bertz CT molecular complexity index is 838. The van der Waals surface area contributed by atoms with Crippen LogP contribution in [-0.4, -0.2) is 23.3 Å². The van der Waals surface area contributed by atoms with Crippen LogP contribution in [0.3, 0.4) is 0 Å². The first-order valence-corrected chi connectivity index (χ1v) is 10.2. The molecule has 0 bridgehead atoms. The molecule has 0 radical (unpaired) electrons. The van der Waals surface area contributed by atoms with Gasteiger partial charge < -0.3 is 9.72 Å². The highest BCUT2D eigenvalue weighted by molar-refractivity contribution is 6.03. The van der Waals surface area contributed by atoms with Crippen molar-refractivity contribution in [2.24, 2.45) is 0 Å². The number of Topliss-reactive ketones (excluding diaryl/α,β-unsaturated/α-hetero) is 1. The largest absolute Gasteiger partial charge is 0.461 e. The molecule has 1 aromatic heterocycles. The summed E-state index contributed by atoms with van der Waals surface area (Å²) in [5.41, 5.74) is 3.38. The van der Waals surface area contributed by atoms with Crippen LogP contribution in [0.4, 0.5) is 4.39 Å². The Hall–Kier alpha value is -2.43. The fourth-order valence-corrected chi connectivity index (χ4v) is 3.95. The van der Waals surface area contributed by atoms with Gasteiger partial charge in [0.2, 0.25) is 0 Å². The number of carbonyl (C=O) groups is 2. The molecule has 5 heteroatoms. The summed E-state index contributed by atoms with van der Waals surface area (Å²) in [6.45, 7) is 4.36. The molecule has 0 fully saturated rings. The average molecular weight is 385 g/mol. The number of unbranched alkanes of at least 4 members (excludes halogenated alkanes) is 4. The van der Waals surface area contributed by atoms with Crippen LogP contribution >= 0.6 is 0 Å². The topological polar surface area (TPSA) is 59.2 Å². The third-order valence-electron chi connectivity index (χ3n) is 5.52. The summed E-state index contributed by atoms with van der Waals surface area (Å²) in [7, 11) is 0. The number of ether oxygens (including phenoxy) is 1. The molecule has 1 N–H and O–H groups in total. The van der Waals surface area contributed by atoms with Crippen molar-refractivity contribution in [3.63, 3.8) is 0 Å². The third kappa shape index (κ3) is 4.51. The molecular formula is C23H28FNO3. The second-order valence-electron chi connectivity index (χ2n) is 7.61. The molecule has 2 aromatic rings. The zero-order valence-corrected chi connectivity index (χ0v) is 16.6. The van der Waals surface area contributed by atoms with E-state index in [1.165, 1.54) is 25.0 Å². The van der Waals surface area contributed by atoms with Crippen LogP contribution in [0.5, 0.6) is 0 Å². The number of hydrogen-bond acceptors (Lipinski definition) is 3. The fraction of sp³-hybridized carbons (Fsp3) is 0.478. The summed E-state index contributed by atoms with van der Waals surface area (Å²) < 4.78 is 18.6. The highest BCUT2D eigenvalue weighted by Gasteiger charge is 2.32. The van der Waals surface area contributed by atoms with Gasteiger partial charge in [-0.3, -0.25) is 4.79 Å². The van der Waals surface area contributed by atoms with Gasteiger partial charge in [0.25, 0.3) is 0 Å². The van der Waals surface area contributed by atoms with Gasteiger partial charge in [0.05, 0.1) is 6.61 Å². The number of aromatic nitrogens is 1. The van der Waals surface area contributed by atoms with E-state index in [9.17, 15) is 14.0 Å². The number of fused-ring (bicyclic) bond motifs is 1. The number of esters is 1. The number of hydrogen-bond donors (Lipinski definition) is 1. The van der Waals surface area contributed by atoms with Crippen LogP contribution in [0.25, 0.3) is 0 Å². The first-order valence-electron chi connectivity index (χ1n) is 10.2. The van der Waals surface area contributed by atoms with Crippen molar-refractivity contribution >= 4 is 11.8 Å². The van der Waals surface area contributed by atoms with Crippen molar-refractivity contribution in [3.8, 4) is 0 Å². The molecular weight excluding hydrogens is 357 g/mol. The summed E-state index contributed by atoms with van der Waals surface area (Å²) in [5.74, 6) is -0.681. The van der Waals surface area contributed by atoms with Crippen molar-refractivity contribution < 1.29 is 18.7 Å². The molecule has 0 unspecified atom stereocenters. The van der Waals surface area contributed by atoms with Gasteiger partial charge in [0, 0.05) is 17.7 Å². The van der Waals surface area contributed by atoms with E-state index in [-0.39, 0.29) is 17.5 Å². The molecule has 0 saturated heterocycles. The Morgan fingerprint density at radius 1 is 1.14 bits per heavy atom. The summed E-state index contributed by atoms with van der Waals surface area (Å²) >= 11 is 0. The minimum atomic E-state index is -0.395. The number of carbonyl (C=O) groups excluding carboxylic acids is 2. The number of aromatic amines is 1. The Balaban J connectivity index is 1.67. The first kappa shape index (κ1) is 20.3. The SMILES string of the molecule is CCCCCCCOC(=O)c1[nH]c2c(c1C)C(=O)C[C@@H](c1ccc(F)cc1)C2. The molecule has 0 amide bonds. The normalized spacial score (nSPS) is 16.1. The molecule has 1 aliphatic rings. The molecule has 1 heterocycles. The van der Waals surface area contributed by atoms with E-state index < -0.39 is 5.97 Å². The highest BCUT2D eigenvalue weighted by atomic mass is 19.1. The molecule has 0 aliphatic heterocycles. The maximum atomic E-state index is 13.2. The van der Waals surface area contributed by atoms with Crippen molar-refractivity contribution in [1.29, 1.82) is 0 Å². The monoisotopic (exact) mass is 385 g/mol. The molecule has 150 valence electrons. The van der Waals surface area contributed by atoms with Crippen LogP contribution in [0.2, 0.25) is 0 Å². The van der Waals surface area contributed by atoms with E-state index in [2.05, 4.69) is 11.9 Å². The number of benzene rings is 1. The van der Waals surface area contributed by atoms with Crippen molar-refractivity contribution in [2.45, 2.75) is 64.7 Å². The zero-order valence-electron chi connectivity index (χ0n) is 16.6. The van der Waals surface area contributed by atoms with Gasteiger partial charge in [0.15, 0.2) is 5.78 Å². The van der Waals surface area contributed by atoms with E-state index >= 15 is 0 Å². The van der Waals surface area contributed by atoms with E-state index in [1.54, 1.807) is 19.1 Å². The summed E-state index contributed by atoms with van der Waals surface area (Å²) in [6, 6.07) is 6.28. The van der Waals surface area contributed by atoms with Gasteiger partial charge >= 0.3 is 5.97 Å². The maximum absolute atomic E-state index is 13.2. The van der Waals surface area contributed by atoms with Crippen LogP contribution in [0.15, 0.2) is 24.3 Å². The van der Waals surface area contributed by atoms with E-state index in [0.29, 0.717) is 36.3 Å². The van der Waals surface area contributed by atoms with Crippen LogP contribution in [0, 0.1) is 12.7 Å². The van der Waals surface area contributed by atoms with Crippen LogP contribution in [0.1, 0.15) is 89.0 Å². The minimum absolute atomic E-state index is 0.0129. The third-order valence-corrected chi connectivity index (χ3v) is 5.52. The molecule has 1 aromatic carbocycles. The zero-order chi connectivity index (χ0) is 20.1. The fourth-order valence-electron chi connectivity index (χ4n) is 3.95. The lowest BCUT2D eigenvalue weighted by Crippen LogP contribution is -2.18. The smallest absolute Gasteiger partial charge is 0.355 e. The Labute approximate surface area is 165 Å². The predicted molar refractivity (Wildman–Crippen MR) is 106 cm³/mol. The van der Waals surface area contributed by atoms with Crippen LogP contribution < -0.4 is 0 Å². The lowest BCUT2D eigenvalue weighted by Gasteiger charge is -2.22. The standard InChI is InChI=1S/C23H28FNO3/c1-3-4-5-6-7-12-28-23(27)22-15(2)21-19(25-22)13-17(14-20(21)26)16-8-10-18(24)11-9-16/h8-11,17,25H,3-7,12-14H2,1-2H3/t17-/m0/s1. The predicted octanol–water partition coefficient (Wildman–Crippen LogP) is 5.50. The second-order valence-corrected chi connectivity index (χ2v) is 7.61. The van der Waals surface area contributed by atoms with Crippen molar-refractivity contribution in [3.05, 3.63) is 58.2 Å². The number of rotatable bonds is 8. The van der Waals surface area contributed by atoms with Crippen molar-refractivity contribution in [1.82, 2.24) is 4.98 Å². The molecule has 28 heavy (non-hydrogen) atoms. The number of ketones is 1. The van der Waals surface area contributed by atoms with Gasteiger partial charge in [-0.05, 0) is 48.9 Å². The second kappa shape index (κ2) is 9.18. The maximum Gasteiger partial charge on any atom is 0.355 e. The Morgan fingerprint density at radius 2 is 1.86 bits per heavy atom. The summed E-state index contributed by atoms with van der Waals surface area (Å²) in [5, 5.41) is 0.